The largest absolute Gasteiger partial charge is 0.541 e. The van der Waals surface area contributed by atoms with E-state index in [1.807, 2.05) is 18.2 Å². The molecule has 0 amide bonds. The summed E-state index contributed by atoms with van der Waals surface area (Å²) in [5.41, 5.74) is 1.19. The minimum Gasteiger partial charge on any atom is -0.541 e. The van der Waals surface area contributed by atoms with Gasteiger partial charge in [0.05, 0.1) is 7.11 Å². The maximum Gasteiger partial charge on any atom is 0.474 e. The Labute approximate surface area is 224 Å². The summed E-state index contributed by atoms with van der Waals surface area (Å²) < 4.78 is 24.4. The molecule has 0 aliphatic heterocycles. The van der Waals surface area contributed by atoms with Crippen molar-refractivity contribution in [1.29, 1.82) is 5.39 Å². The van der Waals surface area contributed by atoms with Gasteiger partial charge in [0.2, 0.25) is 5.39 Å². The highest BCUT2D eigenvalue weighted by Crippen LogP contribution is 2.44. The van der Waals surface area contributed by atoms with Gasteiger partial charge in [0.1, 0.15) is 29.4 Å². The molecular weight excluding hydrogens is 500 g/mol. The molecule has 0 bridgehead atoms. The molecular formula is C28H43N2O5Si2+. The van der Waals surface area contributed by atoms with E-state index < -0.39 is 22.6 Å². The first-order valence-electron chi connectivity index (χ1n) is 12.5. The van der Waals surface area contributed by atoms with Crippen LogP contribution in [0.3, 0.4) is 0 Å². The number of aliphatic hydroxyl groups is 1. The van der Waals surface area contributed by atoms with Crippen LogP contribution in [0.2, 0.25) is 36.3 Å². The normalized spacial score (nSPS) is 13.4. The first-order chi connectivity index (χ1) is 16.9. The third-order valence-electron chi connectivity index (χ3n) is 7.38. The summed E-state index contributed by atoms with van der Waals surface area (Å²) >= 11 is 0. The Morgan fingerprint density at radius 2 is 1.38 bits per heavy atom. The fourth-order valence-electron chi connectivity index (χ4n) is 2.92. The summed E-state index contributed by atoms with van der Waals surface area (Å²) in [6.07, 6.45) is 0. The minimum absolute atomic E-state index is 0.0204. The average Bonchev–Trinajstić information content (AvgIpc) is 2.78. The molecule has 0 unspecified atom stereocenters. The smallest absolute Gasteiger partial charge is 0.474 e. The van der Waals surface area contributed by atoms with Gasteiger partial charge in [-0.2, -0.15) is 0 Å². The number of hydrogen-bond donors (Lipinski definition) is 1. The topological polar surface area (TPSA) is 85.3 Å². The van der Waals surface area contributed by atoms with Crippen LogP contribution in [0.25, 0.3) is 10.7 Å². The second kappa shape index (κ2) is 11.2. The van der Waals surface area contributed by atoms with Crippen molar-refractivity contribution in [3.63, 3.8) is 0 Å². The summed E-state index contributed by atoms with van der Waals surface area (Å²) in [6, 6.07) is 12.9. The molecule has 2 aromatic rings. The molecule has 0 atom stereocenters. The average molecular weight is 544 g/mol. The number of diazo groups is 1. The second-order valence-electron chi connectivity index (χ2n) is 12.2. The molecule has 202 valence electrons. The van der Waals surface area contributed by atoms with Crippen molar-refractivity contribution in [2.24, 2.45) is 0 Å². The number of rotatable bonds is 9. The van der Waals surface area contributed by atoms with Gasteiger partial charge >= 0.3 is 11.6 Å². The van der Waals surface area contributed by atoms with Gasteiger partial charge in [0, 0.05) is 0 Å². The highest BCUT2D eigenvalue weighted by atomic mass is 28.4. The fraction of sp³-hybridized carbons (Fsp3) is 0.500. The zero-order valence-corrected chi connectivity index (χ0v) is 26.2. The lowest BCUT2D eigenvalue weighted by atomic mass is 10.1. The second-order valence-corrected chi connectivity index (χ2v) is 21.7. The van der Waals surface area contributed by atoms with Crippen LogP contribution in [0.15, 0.2) is 48.4 Å². The standard InChI is InChI=1S/C28H42N2O5Si2/c1-27(2,3)36(8,9)34-23-17-16-20(18-24(23)35-37(10,11)28(4,5)6)19-33-22-15-13-12-14-21(22)25(30-29)26(31)32-7/h12-18H,19H2,1-11H3/p+1/b26-25-. The highest BCUT2D eigenvalue weighted by molar-refractivity contribution is 6.75. The lowest BCUT2D eigenvalue weighted by Gasteiger charge is -2.39. The molecule has 7 nitrogen and oxygen atoms in total. The number of para-hydroxylation sites is 1. The van der Waals surface area contributed by atoms with Crippen LogP contribution in [0.1, 0.15) is 52.7 Å². The van der Waals surface area contributed by atoms with E-state index in [2.05, 4.69) is 72.7 Å². The molecule has 2 rings (SSSR count). The lowest BCUT2D eigenvalue weighted by molar-refractivity contribution is 0.139. The molecule has 2 aromatic carbocycles. The Bertz CT molecular complexity index is 1170. The molecule has 0 saturated heterocycles. The van der Waals surface area contributed by atoms with E-state index in [1.165, 1.54) is 7.11 Å². The van der Waals surface area contributed by atoms with E-state index in [0.29, 0.717) is 11.3 Å². The number of benzene rings is 2. The number of methoxy groups -OCH3 is 1. The van der Waals surface area contributed by atoms with Crippen LogP contribution in [-0.4, -0.2) is 28.9 Å². The van der Waals surface area contributed by atoms with Crippen molar-refractivity contribution in [2.75, 3.05) is 7.11 Å². The molecule has 0 saturated carbocycles. The van der Waals surface area contributed by atoms with E-state index in [4.69, 9.17) is 18.3 Å². The van der Waals surface area contributed by atoms with E-state index in [-0.39, 0.29) is 22.4 Å². The van der Waals surface area contributed by atoms with Gasteiger partial charge in [-0.25, -0.2) is 0 Å². The van der Waals surface area contributed by atoms with Gasteiger partial charge in [-0.05, 0) is 66.1 Å². The van der Waals surface area contributed by atoms with Crippen molar-refractivity contribution < 1.29 is 23.4 Å². The maximum atomic E-state index is 10.00. The van der Waals surface area contributed by atoms with Gasteiger partial charge < -0.3 is 23.4 Å². The number of hydrogen-bond acceptors (Lipinski definition) is 6. The minimum atomic E-state index is -2.15. The Morgan fingerprint density at radius 1 is 0.838 bits per heavy atom. The summed E-state index contributed by atoms with van der Waals surface area (Å²) in [4.78, 5) is 3.18. The van der Waals surface area contributed by atoms with E-state index in [1.54, 1.807) is 24.3 Å². The van der Waals surface area contributed by atoms with Crippen LogP contribution in [-0.2, 0) is 11.3 Å². The van der Waals surface area contributed by atoms with Crippen molar-refractivity contribution in [2.45, 2.75) is 84.4 Å². The fourth-order valence-corrected chi connectivity index (χ4v) is 4.96. The summed E-state index contributed by atoms with van der Waals surface area (Å²) in [5.74, 6) is 1.42. The van der Waals surface area contributed by atoms with Gasteiger partial charge in [-0.15, -0.1) is 0 Å². The molecule has 0 aliphatic carbocycles. The predicted molar refractivity (Wildman–Crippen MR) is 155 cm³/mol. The molecule has 0 heterocycles. The summed E-state index contributed by atoms with van der Waals surface area (Å²) in [6.45, 7) is 22.4. The van der Waals surface area contributed by atoms with Crippen LogP contribution >= 0.6 is 0 Å². The zero-order valence-electron chi connectivity index (χ0n) is 24.2. The van der Waals surface area contributed by atoms with E-state index in [0.717, 1.165) is 17.1 Å². The molecule has 37 heavy (non-hydrogen) atoms. The maximum absolute atomic E-state index is 10.00. The van der Waals surface area contributed by atoms with Gasteiger partial charge in [0.15, 0.2) is 4.98 Å². The Kier molecular flexibility index (Phi) is 9.15. The predicted octanol–water partition coefficient (Wildman–Crippen LogP) is 8.72. The molecule has 0 aromatic heterocycles. The SMILES string of the molecule is CO/C(O)=C(\[N+]#N)c1ccccc1OCc1ccc(O[Si](C)(C)C(C)(C)C)c(O[Si](C)(C)C(C)(C)C)c1. The summed E-state index contributed by atoms with van der Waals surface area (Å²) in [5, 5.41) is 19.5. The molecule has 0 fully saturated rings. The van der Waals surface area contributed by atoms with E-state index >= 15 is 0 Å². The first kappa shape index (κ1) is 30.3. The van der Waals surface area contributed by atoms with Crippen LogP contribution in [0.5, 0.6) is 17.2 Å². The third kappa shape index (κ3) is 7.30. The quantitative estimate of drug-likeness (QED) is 0.193. The molecule has 0 aliphatic rings. The van der Waals surface area contributed by atoms with Crippen molar-refractivity contribution in [3.05, 3.63) is 64.5 Å². The highest BCUT2D eigenvalue weighted by Gasteiger charge is 2.42. The first-order valence-corrected chi connectivity index (χ1v) is 18.3. The number of nitrogens with zero attached hydrogens (tertiary/aromatic N) is 2. The summed E-state index contributed by atoms with van der Waals surface area (Å²) in [7, 11) is -2.95. The van der Waals surface area contributed by atoms with Gasteiger partial charge in [-0.1, -0.05) is 59.7 Å². The van der Waals surface area contributed by atoms with Crippen LogP contribution in [0, 0.1) is 5.39 Å². The number of aliphatic hydroxyl groups excluding tert-OH is 1. The van der Waals surface area contributed by atoms with Gasteiger partial charge in [0.25, 0.3) is 16.6 Å². The lowest BCUT2D eigenvalue weighted by Crippen LogP contribution is -2.45. The molecule has 1 N–H and O–H groups in total. The number of ether oxygens (including phenoxy) is 2. The van der Waals surface area contributed by atoms with Crippen LogP contribution in [0.4, 0.5) is 0 Å². The van der Waals surface area contributed by atoms with Crippen LogP contribution < -0.4 is 13.6 Å². The van der Waals surface area contributed by atoms with Gasteiger partial charge in [-0.3, -0.25) is 0 Å². The molecule has 9 heteroatoms. The Morgan fingerprint density at radius 3 is 1.89 bits per heavy atom. The van der Waals surface area contributed by atoms with Crippen molar-refractivity contribution in [1.82, 2.24) is 0 Å². The van der Waals surface area contributed by atoms with E-state index in [9.17, 15) is 10.5 Å². The molecule has 0 radical (unpaired) electrons. The Balaban J connectivity index is 2.46. The third-order valence-corrected chi connectivity index (χ3v) is 16.1. The zero-order chi connectivity index (χ0) is 28.2. The van der Waals surface area contributed by atoms with Crippen molar-refractivity contribution >= 4 is 22.3 Å². The molecule has 0 spiro atoms. The Hall–Kier alpha value is -2.97. The van der Waals surface area contributed by atoms with Crippen molar-refractivity contribution in [3.8, 4) is 17.2 Å². The monoisotopic (exact) mass is 543 g/mol.